The van der Waals surface area contributed by atoms with Crippen molar-refractivity contribution in [2.45, 2.75) is 38.6 Å². The summed E-state index contributed by atoms with van der Waals surface area (Å²) in [7, 11) is 0. The molecule has 2 rings (SSSR count). The van der Waals surface area contributed by atoms with Crippen LogP contribution < -0.4 is 0 Å². The Bertz CT molecular complexity index is 479. The largest absolute Gasteiger partial charge is 0.481 e. The van der Waals surface area contributed by atoms with Crippen LogP contribution in [0.1, 0.15) is 42.5 Å². The Morgan fingerprint density at radius 3 is 3.00 bits per heavy atom. The number of hydrogen-bond acceptors (Lipinski definition) is 5. The van der Waals surface area contributed by atoms with Gasteiger partial charge < -0.3 is 10.2 Å². The molecule has 6 heteroatoms. The van der Waals surface area contributed by atoms with Gasteiger partial charge in [0, 0.05) is 24.4 Å². The van der Waals surface area contributed by atoms with Gasteiger partial charge >= 0.3 is 5.97 Å². The Hall–Kier alpha value is -1.53. The van der Waals surface area contributed by atoms with Gasteiger partial charge in [0.1, 0.15) is 5.82 Å². The maximum absolute atomic E-state index is 10.7. The van der Waals surface area contributed by atoms with Crippen LogP contribution in [0.15, 0.2) is 6.07 Å². The summed E-state index contributed by atoms with van der Waals surface area (Å²) in [6.07, 6.45) is 2.58. The number of aromatic nitrogens is 2. The predicted molar refractivity (Wildman–Crippen MR) is 73.4 cm³/mol. The molecule has 110 valence electrons. The maximum atomic E-state index is 10.7. The predicted octanol–water partition coefficient (Wildman–Crippen LogP) is 0.931. The Morgan fingerprint density at radius 2 is 2.30 bits per heavy atom. The summed E-state index contributed by atoms with van der Waals surface area (Å²) in [6.45, 7) is 3.62. The minimum Gasteiger partial charge on any atom is -0.481 e. The summed E-state index contributed by atoms with van der Waals surface area (Å²) in [5, 5.41) is 17.9. The maximum Gasteiger partial charge on any atom is 0.303 e. The number of carbonyl (C=O) groups is 1. The molecule has 1 aromatic heterocycles. The van der Waals surface area contributed by atoms with Crippen LogP contribution in [0.25, 0.3) is 0 Å². The van der Waals surface area contributed by atoms with E-state index in [-0.39, 0.29) is 19.1 Å². The van der Waals surface area contributed by atoms with E-state index >= 15 is 0 Å². The Labute approximate surface area is 118 Å². The number of carboxylic acid groups (broad SMARTS) is 1. The highest BCUT2D eigenvalue weighted by atomic mass is 16.4. The first-order valence-corrected chi connectivity index (χ1v) is 7.01. The number of aliphatic carboxylic acids is 1. The van der Waals surface area contributed by atoms with E-state index in [4.69, 9.17) is 10.2 Å². The Balaban J connectivity index is 2.16. The summed E-state index contributed by atoms with van der Waals surface area (Å²) < 4.78 is 0. The van der Waals surface area contributed by atoms with Crippen LogP contribution in [-0.2, 0) is 11.2 Å². The highest BCUT2D eigenvalue weighted by Crippen LogP contribution is 2.29. The number of aryl methyl sites for hydroxylation is 2. The van der Waals surface area contributed by atoms with E-state index in [0.717, 1.165) is 36.6 Å². The van der Waals surface area contributed by atoms with Crippen molar-refractivity contribution in [3.8, 4) is 0 Å². The first-order chi connectivity index (χ1) is 9.60. The van der Waals surface area contributed by atoms with Crippen molar-refractivity contribution < 1.29 is 15.0 Å². The lowest BCUT2D eigenvalue weighted by molar-refractivity contribution is -0.136. The third-order valence-electron chi connectivity index (χ3n) is 3.57. The Morgan fingerprint density at radius 1 is 1.50 bits per heavy atom. The quantitative estimate of drug-likeness (QED) is 0.805. The molecule has 2 heterocycles. The smallest absolute Gasteiger partial charge is 0.303 e. The number of carboxylic acids is 1. The fourth-order valence-electron chi connectivity index (χ4n) is 2.69. The molecule has 2 N–H and O–H groups in total. The molecule has 0 radical (unpaired) electrons. The molecular formula is C14H21N3O3. The lowest BCUT2D eigenvalue weighted by atomic mass is 10.1. The van der Waals surface area contributed by atoms with E-state index in [2.05, 4.69) is 14.9 Å². The van der Waals surface area contributed by atoms with E-state index in [9.17, 15) is 4.79 Å². The highest BCUT2D eigenvalue weighted by Gasteiger charge is 2.28. The van der Waals surface area contributed by atoms with Gasteiger partial charge in [-0.25, -0.2) is 9.97 Å². The second kappa shape index (κ2) is 6.76. The zero-order valence-electron chi connectivity index (χ0n) is 11.7. The SMILES string of the molecule is Cc1cc(CCC(=O)O)nc([C@H]2CCCN2CCO)n1. The summed E-state index contributed by atoms with van der Waals surface area (Å²) in [4.78, 5) is 21.9. The zero-order valence-corrected chi connectivity index (χ0v) is 11.7. The van der Waals surface area contributed by atoms with Crippen LogP contribution in [0.3, 0.4) is 0 Å². The molecule has 6 nitrogen and oxygen atoms in total. The van der Waals surface area contributed by atoms with Gasteiger partial charge in [0.2, 0.25) is 0 Å². The number of β-amino-alcohol motifs (C(OH)–C–C–N with tert-alkyl or cyclic N) is 1. The zero-order chi connectivity index (χ0) is 14.5. The molecule has 1 aliphatic heterocycles. The number of nitrogens with zero attached hydrogens (tertiary/aromatic N) is 3. The van der Waals surface area contributed by atoms with Crippen molar-refractivity contribution >= 4 is 5.97 Å². The Kier molecular flexibility index (Phi) is 5.03. The van der Waals surface area contributed by atoms with E-state index in [1.165, 1.54) is 0 Å². The van der Waals surface area contributed by atoms with Crippen molar-refractivity contribution in [2.24, 2.45) is 0 Å². The molecule has 20 heavy (non-hydrogen) atoms. The van der Waals surface area contributed by atoms with Gasteiger partial charge in [-0.2, -0.15) is 0 Å². The van der Waals surface area contributed by atoms with Crippen molar-refractivity contribution in [2.75, 3.05) is 19.7 Å². The van der Waals surface area contributed by atoms with Crippen LogP contribution in [0.5, 0.6) is 0 Å². The van der Waals surface area contributed by atoms with Crippen molar-refractivity contribution in [3.63, 3.8) is 0 Å². The van der Waals surface area contributed by atoms with Crippen molar-refractivity contribution in [1.82, 2.24) is 14.9 Å². The summed E-state index contributed by atoms with van der Waals surface area (Å²) in [6, 6.07) is 1.99. The molecule has 0 aromatic carbocycles. The van der Waals surface area contributed by atoms with Gasteiger partial charge in [-0.05, 0) is 32.4 Å². The van der Waals surface area contributed by atoms with Gasteiger partial charge in [-0.3, -0.25) is 9.69 Å². The molecule has 0 spiro atoms. The molecule has 0 unspecified atom stereocenters. The van der Waals surface area contributed by atoms with Crippen LogP contribution in [0, 0.1) is 6.92 Å². The topological polar surface area (TPSA) is 86.5 Å². The van der Waals surface area contributed by atoms with Crippen LogP contribution in [-0.4, -0.2) is 50.7 Å². The molecule has 1 fully saturated rings. The number of likely N-dealkylation sites (tertiary alicyclic amines) is 1. The van der Waals surface area contributed by atoms with Crippen LogP contribution >= 0.6 is 0 Å². The summed E-state index contributed by atoms with van der Waals surface area (Å²) in [5.74, 6) is -0.0538. The van der Waals surface area contributed by atoms with Gasteiger partial charge in [0.25, 0.3) is 0 Å². The van der Waals surface area contributed by atoms with Gasteiger partial charge in [0.15, 0.2) is 0 Å². The van der Waals surface area contributed by atoms with E-state index in [1.54, 1.807) is 0 Å². The third kappa shape index (κ3) is 3.74. The van der Waals surface area contributed by atoms with E-state index in [1.807, 2.05) is 13.0 Å². The fraction of sp³-hybridized carbons (Fsp3) is 0.643. The number of rotatable bonds is 6. The number of aliphatic hydroxyl groups is 1. The minimum atomic E-state index is -0.814. The monoisotopic (exact) mass is 279 g/mol. The second-order valence-electron chi connectivity index (χ2n) is 5.17. The van der Waals surface area contributed by atoms with Gasteiger partial charge in [-0.15, -0.1) is 0 Å². The summed E-state index contributed by atoms with van der Waals surface area (Å²) >= 11 is 0. The fourth-order valence-corrected chi connectivity index (χ4v) is 2.69. The molecule has 1 saturated heterocycles. The van der Waals surface area contributed by atoms with E-state index < -0.39 is 5.97 Å². The molecule has 0 bridgehead atoms. The first kappa shape index (κ1) is 14.9. The average molecular weight is 279 g/mol. The molecule has 1 aromatic rings. The van der Waals surface area contributed by atoms with Crippen LogP contribution in [0.2, 0.25) is 0 Å². The van der Waals surface area contributed by atoms with E-state index in [0.29, 0.717) is 13.0 Å². The van der Waals surface area contributed by atoms with Gasteiger partial charge in [0.05, 0.1) is 19.1 Å². The van der Waals surface area contributed by atoms with Crippen molar-refractivity contribution in [1.29, 1.82) is 0 Å². The molecular weight excluding hydrogens is 258 g/mol. The third-order valence-corrected chi connectivity index (χ3v) is 3.57. The lowest BCUT2D eigenvalue weighted by Crippen LogP contribution is -2.28. The highest BCUT2D eigenvalue weighted by molar-refractivity contribution is 5.66. The molecule has 0 aliphatic carbocycles. The average Bonchev–Trinajstić information content (AvgIpc) is 2.84. The first-order valence-electron chi connectivity index (χ1n) is 7.01. The molecule has 0 saturated carbocycles. The second-order valence-corrected chi connectivity index (χ2v) is 5.17. The number of aliphatic hydroxyl groups excluding tert-OH is 1. The standard InChI is InChI=1S/C14H21N3O3/c1-10-9-11(4-5-13(19)20)16-14(15-10)12-3-2-6-17(12)7-8-18/h9,12,18H,2-8H2,1H3,(H,19,20)/t12-/m1/s1. The minimum absolute atomic E-state index is 0.0842. The number of hydrogen-bond donors (Lipinski definition) is 2. The van der Waals surface area contributed by atoms with Crippen molar-refractivity contribution in [3.05, 3.63) is 23.3 Å². The van der Waals surface area contributed by atoms with Crippen LogP contribution in [0.4, 0.5) is 0 Å². The molecule has 1 atom stereocenters. The lowest BCUT2D eigenvalue weighted by Gasteiger charge is -2.22. The normalized spacial score (nSPS) is 19.4. The summed E-state index contributed by atoms with van der Waals surface area (Å²) in [5.41, 5.74) is 1.65. The molecule has 0 amide bonds. The van der Waals surface area contributed by atoms with Gasteiger partial charge in [-0.1, -0.05) is 0 Å². The molecule has 1 aliphatic rings.